The highest BCUT2D eigenvalue weighted by Gasteiger charge is 2.41. The third-order valence-corrected chi connectivity index (χ3v) is 4.96. The fourth-order valence-corrected chi connectivity index (χ4v) is 3.66. The number of aliphatic hydroxyl groups is 1. The van der Waals surface area contributed by atoms with Crippen LogP contribution in [0, 0.1) is 5.41 Å². The van der Waals surface area contributed by atoms with Gasteiger partial charge in [-0.3, -0.25) is 5.41 Å². The van der Waals surface area contributed by atoms with E-state index in [1.54, 1.807) is 0 Å². The average Bonchev–Trinajstić information content (AvgIpc) is 2.80. The maximum Gasteiger partial charge on any atom is 0.137 e. The minimum absolute atomic E-state index is 0.110. The molecule has 0 saturated heterocycles. The van der Waals surface area contributed by atoms with Gasteiger partial charge < -0.3 is 10.0 Å². The summed E-state index contributed by atoms with van der Waals surface area (Å²) in [4.78, 5) is 1.96. The highest BCUT2D eigenvalue weighted by Crippen LogP contribution is 2.41. The van der Waals surface area contributed by atoms with E-state index < -0.39 is 0 Å². The Morgan fingerprint density at radius 1 is 1.09 bits per heavy atom. The summed E-state index contributed by atoms with van der Waals surface area (Å²) in [5.74, 6) is 0.707. The van der Waals surface area contributed by atoms with Gasteiger partial charge in [-0.1, -0.05) is 46.3 Å². The van der Waals surface area contributed by atoms with Gasteiger partial charge in [0.25, 0.3) is 0 Å². The predicted molar refractivity (Wildman–Crippen MR) is 92.4 cm³/mol. The molecule has 2 aromatic carbocycles. The molecule has 1 unspecified atom stereocenters. The van der Waals surface area contributed by atoms with Gasteiger partial charge in [-0.15, -0.1) is 0 Å². The third-order valence-electron chi connectivity index (χ3n) is 4.43. The molecular formula is C18H15BrN2O. The monoisotopic (exact) mass is 354 g/mol. The summed E-state index contributed by atoms with van der Waals surface area (Å²) < 4.78 is 0.990. The topological polar surface area (TPSA) is 47.3 Å². The lowest BCUT2D eigenvalue weighted by molar-refractivity contribution is 0.366. The Balaban J connectivity index is 1.82. The largest absolute Gasteiger partial charge is 0.509 e. The summed E-state index contributed by atoms with van der Waals surface area (Å²) in [6.07, 6.45) is 1.77. The summed E-state index contributed by atoms with van der Waals surface area (Å²) in [5, 5.41) is 19.3. The van der Waals surface area contributed by atoms with Crippen LogP contribution >= 0.6 is 15.9 Å². The van der Waals surface area contributed by atoms with E-state index in [1.807, 2.05) is 47.4 Å². The summed E-state index contributed by atoms with van der Waals surface area (Å²) in [6.45, 7) is 0. The summed E-state index contributed by atoms with van der Waals surface area (Å²) in [6, 6.07) is 15.8. The van der Waals surface area contributed by atoms with Crippen LogP contribution in [0.25, 0.3) is 5.57 Å². The number of halogens is 1. The number of para-hydroxylation sites is 1. The molecule has 3 nitrogen and oxygen atoms in total. The van der Waals surface area contributed by atoms with Crippen molar-refractivity contribution in [3.8, 4) is 0 Å². The molecule has 2 aromatic rings. The number of aryl methyl sites for hydroxylation is 1. The lowest BCUT2D eigenvalue weighted by Gasteiger charge is -2.33. The Bertz CT molecular complexity index is 795. The zero-order chi connectivity index (χ0) is 15.3. The van der Waals surface area contributed by atoms with E-state index in [2.05, 4.69) is 22.0 Å². The second-order valence-corrected chi connectivity index (χ2v) is 6.58. The van der Waals surface area contributed by atoms with Crippen LogP contribution in [0.1, 0.15) is 17.5 Å². The first-order chi connectivity index (χ1) is 10.7. The van der Waals surface area contributed by atoms with Crippen molar-refractivity contribution in [3.63, 3.8) is 0 Å². The molecule has 2 aliphatic heterocycles. The van der Waals surface area contributed by atoms with Crippen molar-refractivity contribution in [2.45, 2.75) is 18.9 Å². The molecule has 110 valence electrons. The van der Waals surface area contributed by atoms with Crippen LogP contribution in [-0.4, -0.2) is 17.0 Å². The molecule has 0 fully saturated rings. The van der Waals surface area contributed by atoms with Crippen LogP contribution in [0.4, 0.5) is 5.69 Å². The molecule has 1 atom stereocenters. The molecule has 4 heteroatoms. The van der Waals surface area contributed by atoms with Crippen molar-refractivity contribution in [3.05, 3.63) is 69.9 Å². The van der Waals surface area contributed by atoms with Crippen LogP contribution in [0.3, 0.4) is 0 Å². The molecule has 0 amide bonds. The Morgan fingerprint density at radius 3 is 2.59 bits per heavy atom. The number of aliphatic hydroxyl groups excluding tert-OH is 1. The minimum Gasteiger partial charge on any atom is -0.509 e. The number of benzene rings is 2. The molecule has 0 bridgehead atoms. The summed E-state index contributed by atoms with van der Waals surface area (Å²) in [5.41, 5.74) is 3.82. The molecule has 0 saturated carbocycles. The molecule has 0 aromatic heterocycles. The number of amidine groups is 1. The first-order valence-corrected chi connectivity index (χ1v) is 8.11. The van der Waals surface area contributed by atoms with Gasteiger partial charge in [0, 0.05) is 10.2 Å². The molecule has 2 heterocycles. The maximum atomic E-state index is 10.7. The Hall–Kier alpha value is -2.07. The van der Waals surface area contributed by atoms with E-state index in [0.717, 1.165) is 28.6 Å². The van der Waals surface area contributed by atoms with Crippen molar-refractivity contribution in [2.75, 3.05) is 4.90 Å². The Kier molecular flexibility index (Phi) is 3.08. The number of nitrogens with zero attached hydrogens (tertiary/aromatic N) is 1. The SMILES string of the molecule is N=C1C(c2ccc(Br)cc2)=C(O)C2CCc3ccccc3N12. The van der Waals surface area contributed by atoms with Gasteiger partial charge in [0.05, 0.1) is 11.6 Å². The third kappa shape index (κ3) is 1.91. The first kappa shape index (κ1) is 13.6. The van der Waals surface area contributed by atoms with E-state index in [0.29, 0.717) is 17.2 Å². The van der Waals surface area contributed by atoms with Crippen LogP contribution in [0.2, 0.25) is 0 Å². The Labute approximate surface area is 137 Å². The van der Waals surface area contributed by atoms with Crippen LogP contribution in [-0.2, 0) is 6.42 Å². The number of hydrogen-bond acceptors (Lipinski definition) is 2. The van der Waals surface area contributed by atoms with Crippen molar-refractivity contribution in [1.82, 2.24) is 0 Å². The zero-order valence-corrected chi connectivity index (χ0v) is 13.5. The second kappa shape index (κ2) is 4.99. The average molecular weight is 355 g/mol. The van der Waals surface area contributed by atoms with E-state index in [-0.39, 0.29) is 6.04 Å². The quantitative estimate of drug-likeness (QED) is 0.790. The van der Waals surface area contributed by atoms with Crippen molar-refractivity contribution in [1.29, 1.82) is 5.41 Å². The molecule has 4 rings (SSSR count). The molecule has 2 aliphatic rings. The van der Waals surface area contributed by atoms with Gasteiger partial charge >= 0.3 is 0 Å². The number of fused-ring (bicyclic) bond motifs is 3. The molecule has 22 heavy (non-hydrogen) atoms. The first-order valence-electron chi connectivity index (χ1n) is 7.32. The van der Waals surface area contributed by atoms with E-state index in [1.165, 1.54) is 5.56 Å². The molecule has 2 N–H and O–H groups in total. The van der Waals surface area contributed by atoms with E-state index in [9.17, 15) is 5.11 Å². The normalized spacial score (nSPS) is 20.1. The Morgan fingerprint density at radius 2 is 1.82 bits per heavy atom. The maximum absolute atomic E-state index is 10.7. The van der Waals surface area contributed by atoms with Gasteiger partial charge in [0.2, 0.25) is 0 Å². The lowest BCUT2D eigenvalue weighted by atomic mass is 9.96. The van der Waals surface area contributed by atoms with E-state index >= 15 is 0 Å². The fraction of sp³-hybridized carbons (Fsp3) is 0.167. The van der Waals surface area contributed by atoms with Gasteiger partial charge in [0.1, 0.15) is 11.6 Å². The number of hydrogen-bond donors (Lipinski definition) is 2. The molecule has 0 aliphatic carbocycles. The zero-order valence-electron chi connectivity index (χ0n) is 11.9. The highest BCUT2D eigenvalue weighted by atomic mass is 79.9. The molecular weight excluding hydrogens is 340 g/mol. The van der Waals surface area contributed by atoms with Crippen LogP contribution in [0.15, 0.2) is 58.8 Å². The number of nitrogens with one attached hydrogen (secondary N) is 1. The van der Waals surface area contributed by atoms with Gasteiger partial charge in [0.15, 0.2) is 0 Å². The number of rotatable bonds is 1. The van der Waals surface area contributed by atoms with Gasteiger partial charge in [-0.2, -0.15) is 0 Å². The van der Waals surface area contributed by atoms with Crippen molar-refractivity contribution in [2.24, 2.45) is 0 Å². The summed E-state index contributed by atoms with van der Waals surface area (Å²) >= 11 is 3.42. The predicted octanol–water partition coefficient (Wildman–Crippen LogP) is 4.53. The minimum atomic E-state index is -0.110. The van der Waals surface area contributed by atoms with Gasteiger partial charge in [-0.05, 0) is 42.2 Å². The smallest absolute Gasteiger partial charge is 0.137 e. The van der Waals surface area contributed by atoms with Crippen LogP contribution in [0.5, 0.6) is 0 Å². The van der Waals surface area contributed by atoms with Crippen LogP contribution < -0.4 is 4.90 Å². The second-order valence-electron chi connectivity index (χ2n) is 5.67. The molecule has 0 spiro atoms. The highest BCUT2D eigenvalue weighted by molar-refractivity contribution is 9.10. The van der Waals surface area contributed by atoms with Crippen molar-refractivity contribution >= 4 is 33.0 Å². The van der Waals surface area contributed by atoms with E-state index in [4.69, 9.17) is 5.41 Å². The fourth-order valence-electron chi connectivity index (χ4n) is 3.39. The standard InChI is InChI=1S/C18H15BrN2O/c19-13-8-5-12(6-9-13)16-17(22)15-10-7-11-3-1-2-4-14(11)21(15)18(16)20/h1-6,8-9,15,20,22H,7,10H2. The van der Waals surface area contributed by atoms with Gasteiger partial charge in [-0.25, -0.2) is 0 Å². The van der Waals surface area contributed by atoms with Crippen molar-refractivity contribution < 1.29 is 5.11 Å². The number of anilines is 1. The lowest BCUT2D eigenvalue weighted by Crippen LogP contribution is -2.39. The summed E-state index contributed by atoms with van der Waals surface area (Å²) in [7, 11) is 0. The molecule has 0 radical (unpaired) electrons.